The normalized spacial score (nSPS) is 10.6. The lowest BCUT2D eigenvalue weighted by atomic mass is 10.0. The van der Waals surface area contributed by atoms with Crippen LogP contribution in [0.1, 0.15) is 22.5 Å². The van der Waals surface area contributed by atoms with Gasteiger partial charge in [-0.15, -0.1) is 0 Å². The Bertz CT molecular complexity index is 936. The number of hydrogen-bond acceptors (Lipinski definition) is 2. The quantitative estimate of drug-likeness (QED) is 0.582. The predicted octanol–water partition coefficient (Wildman–Crippen LogP) is 5.50. The molecule has 0 atom stereocenters. The molecule has 0 radical (unpaired) electrons. The average Bonchev–Trinajstić information content (AvgIpc) is 2.83. The first-order valence-electron chi connectivity index (χ1n) is 7.48. The fourth-order valence-electron chi connectivity index (χ4n) is 2.79. The van der Waals surface area contributed by atoms with Gasteiger partial charge < -0.3 is 0 Å². The minimum atomic E-state index is 0.467. The van der Waals surface area contributed by atoms with Crippen LogP contribution in [0.3, 0.4) is 0 Å². The van der Waals surface area contributed by atoms with Crippen LogP contribution in [0.4, 0.5) is 0 Å². The highest BCUT2D eigenvalue weighted by Crippen LogP contribution is 2.30. The number of aryl methyl sites for hydroxylation is 1. The number of benzene rings is 2. The summed E-state index contributed by atoms with van der Waals surface area (Å²) in [4.78, 5) is 0. The zero-order valence-electron chi connectivity index (χ0n) is 13.3. The Hall–Kier alpha value is -2.09. The summed E-state index contributed by atoms with van der Waals surface area (Å²) in [7, 11) is 0. The first-order valence-corrected chi connectivity index (χ1v) is 8.65. The van der Waals surface area contributed by atoms with Gasteiger partial charge in [-0.25, -0.2) is 0 Å². The molecule has 0 aliphatic heterocycles. The highest BCUT2D eigenvalue weighted by atomic mass is 79.9. The van der Waals surface area contributed by atoms with E-state index in [9.17, 15) is 0 Å². The van der Waals surface area contributed by atoms with Crippen LogP contribution in [0.25, 0.3) is 11.1 Å². The Morgan fingerprint density at radius 1 is 1.17 bits per heavy atom. The Labute approximate surface area is 154 Å². The van der Waals surface area contributed by atoms with Gasteiger partial charge in [0.2, 0.25) is 0 Å². The van der Waals surface area contributed by atoms with E-state index >= 15 is 0 Å². The molecular formula is C19H15BrClN3. The van der Waals surface area contributed by atoms with Gasteiger partial charge in [-0.3, -0.25) is 4.68 Å². The molecular weight excluding hydrogens is 386 g/mol. The van der Waals surface area contributed by atoms with Crippen LogP contribution in [0.5, 0.6) is 0 Å². The van der Waals surface area contributed by atoms with Crippen molar-refractivity contribution >= 4 is 27.5 Å². The van der Waals surface area contributed by atoms with E-state index in [0.717, 1.165) is 27.0 Å². The first kappa shape index (κ1) is 16.8. The molecule has 5 heteroatoms. The molecule has 1 aromatic heterocycles. The lowest BCUT2D eigenvalue weighted by Crippen LogP contribution is -2.03. The first-order chi connectivity index (χ1) is 11.5. The van der Waals surface area contributed by atoms with Crippen LogP contribution in [-0.4, -0.2) is 9.78 Å². The van der Waals surface area contributed by atoms with Crippen molar-refractivity contribution in [3.05, 3.63) is 74.5 Å². The molecule has 0 unspecified atom stereocenters. The third-order valence-electron chi connectivity index (χ3n) is 4.01. The van der Waals surface area contributed by atoms with Gasteiger partial charge >= 0.3 is 0 Å². The summed E-state index contributed by atoms with van der Waals surface area (Å²) in [5, 5.41) is 14.2. The standard InChI is InChI=1S/C19H15BrClN3/c1-12-19(15-5-6-16(10-22)18(21)9-15)13(2)24(23-12)11-14-3-7-17(20)8-4-14/h3-9H,11H2,1-2H3. The number of hydrogen-bond donors (Lipinski definition) is 0. The summed E-state index contributed by atoms with van der Waals surface area (Å²) in [5.41, 5.74) is 5.75. The number of nitriles is 1. The fraction of sp³-hybridized carbons (Fsp3) is 0.158. The Morgan fingerprint density at radius 3 is 2.50 bits per heavy atom. The lowest BCUT2D eigenvalue weighted by molar-refractivity contribution is 0.659. The number of aromatic nitrogens is 2. The van der Waals surface area contributed by atoms with Crippen molar-refractivity contribution in [1.29, 1.82) is 5.26 Å². The van der Waals surface area contributed by atoms with E-state index in [1.807, 2.05) is 35.9 Å². The molecule has 0 bridgehead atoms. The molecule has 0 fully saturated rings. The molecule has 3 aromatic rings. The highest BCUT2D eigenvalue weighted by Gasteiger charge is 2.15. The van der Waals surface area contributed by atoms with Crippen molar-refractivity contribution in [2.24, 2.45) is 0 Å². The summed E-state index contributed by atoms with van der Waals surface area (Å²) in [6.07, 6.45) is 0. The molecule has 0 saturated carbocycles. The number of rotatable bonds is 3. The van der Waals surface area contributed by atoms with Crippen LogP contribution >= 0.6 is 27.5 Å². The highest BCUT2D eigenvalue weighted by molar-refractivity contribution is 9.10. The zero-order chi connectivity index (χ0) is 17.3. The summed E-state index contributed by atoms with van der Waals surface area (Å²) in [5.74, 6) is 0. The van der Waals surface area contributed by atoms with Crippen molar-refractivity contribution in [1.82, 2.24) is 9.78 Å². The molecule has 3 nitrogen and oxygen atoms in total. The van der Waals surface area contributed by atoms with E-state index in [4.69, 9.17) is 16.9 Å². The topological polar surface area (TPSA) is 41.6 Å². The molecule has 0 saturated heterocycles. The second-order valence-electron chi connectivity index (χ2n) is 5.64. The van der Waals surface area contributed by atoms with Gasteiger partial charge in [-0.1, -0.05) is 45.7 Å². The van der Waals surface area contributed by atoms with Crippen molar-refractivity contribution in [3.63, 3.8) is 0 Å². The lowest BCUT2D eigenvalue weighted by Gasteiger charge is -2.07. The molecule has 2 aromatic carbocycles. The van der Waals surface area contributed by atoms with Gasteiger partial charge in [0.15, 0.2) is 0 Å². The average molecular weight is 401 g/mol. The predicted molar refractivity (Wildman–Crippen MR) is 100 cm³/mol. The van der Waals surface area contributed by atoms with Crippen molar-refractivity contribution in [2.75, 3.05) is 0 Å². The number of halogens is 2. The molecule has 24 heavy (non-hydrogen) atoms. The minimum absolute atomic E-state index is 0.467. The molecule has 0 aliphatic carbocycles. The Morgan fingerprint density at radius 2 is 1.88 bits per heavy atom. The Balaban J connectivity index is 1.99. The van der Waals surface area contributed by atoms with E-state index < -0.39 is 0 Å². The Kier molecular flexibility index (Phi) is 4.75. The summed E-state index contributed by atoms with van der Waals surface area (Å²) < 4.78 is 3.06. The van der Waals surface area contributed by atoms with Crippen molar-refractivity contribution in [2.45, 2.75) is 20.4 Å². The molecule has 120 valence electrons. The van der Waals surface area contributed by atoms with Crippen LogP contribution < -0.4 is 0 Å². The van der Waals surface area contributed by atoms with E-state index in [-0.39, 0.29) is 0 Å². The van der Waals surface area contributed by atoms with Crippen molar-refractivity contribution in [3.8, 4) is 17.2 Å². The third kappa shape index (κ3) is 3.24. The second-order valence-corrected chi connectivity index (χ2v) is 6.96. The minimum Gasteiger partial charge on any atom is -0.265 e. The van der Waals surface area contributed by atoms with E-state index in [2.05, 4.69) is 46.2 Å². The van der Waals surface area contributed by atoms with Crippen molar-refractivity contribution < 1.29 is 0 Å². The van der Waals surface area contributed by atoms with Crippen LogP contribution in [0.2, 0.25) is 5.02 Å². The van der Waals surface area contributed by atoms with Gasteiger partial charge in [-0.05, 0) is 49.2 Å². The van der Waals surface area contributed by atoms with Gasteiger partial charge in [0.1, 0.15) is 6.07 Å². The second kappa shape index (κ2) is 6.80. The molecule has 0 N–H and O–H groups in total. The molecule has 3 rings (SSSR count). The molecule has 1 heterocycles. The van der Waals surface area contributed by atoms with E-state index in [0.29, 0.717) is 17.1 Å². The monoisotopic (exact) mass is 399 g/mol. The van der Waals surface area contributed by atoms with Gasteiger partial charge in [0, 0.05) is 15.7 Å². The summed E-state index contributed by atoms with van der Waals surface area (Å²) in [6.45, 7) is 4.76. The van der Waals surface area contributed by atoms with Crippen LogP contribution in [-0.2, 0) is 6.54 Å². The maximum atomic E-state index is 9.02. The van der Waals surface area contributed by atoms with Gasteiger partial charge in [0.05, 0.1) is 22.8 Å². The number of nitrogens with zero attached hydrogens (tertiary/aromatic N) is 3. The largest absolute Gasteiger partial charge is 0.265 e. The molecule has 0 aliphatic rings. The molecule has 0 amide bonds. The van der Waals surface area contributed by atoms with Gasteiger partial charge in [-0.2, -0.15) is 10.4 Å². The summed E-state index contributed by atoms with van der Waals surface area (Å²) >= 11 is 9.63. The zero-order valence-corrected chi connectivity index (χ0v) is 15.7. The van der Waals surface area contributed by atoms with E-state index in [1.54, 1.807) is 6.07 Å². The maximum absolute atomic E-state index is 9.02. The maximum Gasteiger partial charge on any atom is 0.101 e. The smallest absolute Gasteiger partial charge is 0.101 e. The molecule has 0 spiro atoms. The van der Waals surface area contributed by atoms with Gasteiger partial charge in [0.25, 0.3) is 0 Å². The van der Waals surface area contributed by atoms with Crippen LogP contribution in [0.15, 0.2) is 46.9 Å². The van der Waals surface area contributed by atoms with E-state index in [1.165, 1.54) is 5.56 Å². The SMILES string of the molecule is Cc1nn(Cc2ccc(Br)cc2)c(C)c1-c1ccc(C#N)c(Cl)c1. The van der Waals surface area contributed by atoms with Crippen LogP contribution in [0, 0.1) is 25.2 Å². The summed E-state index contributed by atoms with van der Waals surface area (Å²) in [6, 6.07) is 15.8. The third-order valence-corrected chi connectivity index (χ3v) is 4.85. The fourth-order valence-corrected chi connectivity index (χ4v) is 3.28.